The second kappa shape index (κ2) is 5.79. The van der Waals surface area contributed by atoms with Crippen LogP contribution in [0.15, 0.2) is 24.3 Å². The number of nitrogens with zero attached hydrogens (tertiary/aromatic N) is 2. The van der Waals surface area contributed by atoms with E-state index in [9.17, 15) is 14.9 Å². The summed E-state index contributed by atoms with van der Waals surface area (Å²) in [6.07, 6.45) is 1.21. The maximum atomic E-state index is 10.9. The molecule has 1 saturated heterocycles. The number of likely N-dealkylation sites (tertiary alicyclic amines) is 1. The van der Waals surface area contributed by atoms with Gasteiger partial charge in [-0.2, -0.15) is 0 Å². The molecule has 1 N–H and O–H groups in total. The SMILES string of the molecule is O=C(O)C1CCN(Cc2ccccc2[N+](=O)[O-])CC1. The van der Waals surface area contributed by atoms with E-state index in [1.807, 2.05) is 0 Å². The second-order valence-electron chi connectivity index (χ2n) is 4.77. The quantitative estimate of drug-likeness (QED) is 0.663. The monoisotopic (exact) mass is 264 g/mol. The highest BCUT2D eigenvalue weighted by atomic mass is 16.6. The largest absolute Gasteiger partial charge is 0.481 e. The van der Waals surface area contributed by atoms with Crippen LogP contribution in [0.3, 0.4) is 0 Å². The molecule has 0 bridgehead atoms. The number of carbonyl (C=O) groups is 1. The van der Waals surface area contributed by atoms with Crippen molar-refractivity contribution >= 4 is 11.7 Å². The molecule has 0 unspecified atom stereocenters. The molecule has 0 radical (unpaired) electrons. The van der Waals surface area contributed by atoms with Crippen molar-refractivity contribution in [1.29, 1.82) is 0 Å². The van der Waals surface area contributed by atoms with Crippen molar-refractivity contribution in [2.45, 2.75) is 19.4 Å². The maximum Gasteiger partial charge on any atom is 0.306 e. The van der Waals surface area contributed by atoms with Crippen LogP contribution < -0.4 is 0 Å². The molecule has 1 fully saturated rings. The number of hydrogen-bond donors (Lipinski definition) is 1. The number of para-hydroxylation sites is 1. The molecular weight excluding hydrogens is 248 g/mol. The topological polar surface area (TPSA) is 83.7 Å². The predicted molar refractivity (Wildman–Crippen MR) is 68.7 cm³/mol. The zero-order chi connectivity index (χ0) is 13.8. The number of carboxylic acids is 1. The lowest BCUT2D eigenvalue weighted by atomic mass is 9.97. The van der Waals surface area contributed by atoms with Crippen LogP contribution in [-0.4, -0.2) is 34.0 Å². The molecule has 1 aromatic rings. The summed E-state index contributed by atoms with van der Waals surface area (Å²) >= 11 is 0. The fourth-order valence-electron chi connectivity index (χ4n) is 2.40. The molecular formula is C13H16N2O4. The van der Waals surface area contributed by atoms with Crippen LogP contribution in [0.1, 0.15) is 18.4 Å². The molecule has 6 nitrogen and oxygen atoms in total. The molecule has 6 heteroatoms. The molecule has 1 aliphatic heterocycles. The Bertz CT molecular complexity index is 481. The van der Waals surface area contributed by atoms with Crippen LogP contribution in [0.25, 0.3) is 0 Å². The first kappa shape index (κ1) is 13.5. The highest BCUT2D eigenvalue weighted by molar-refractivity contribution is 5.70. The van der Waals surface area contributed by atoms with Gasteiger partial charge in [-0.15, -0.1) is 0 Å². The van der Waals surface area contributed by atoms with E-state index < -0.39 is 5.97 Å². The van der Waals surface area contributed by atoms with Crippen LogP contribution in [0.4, 0.5) is 5.69 Å². The summed E-state index contributed by atoms with van der Waals surface area (Å²) in [5.74, 6) is -1.02. The Morgan fingerprint density at radius 1 is 1.37 bits per heavy atom. The van der Waals surface area contributed by atoms with Gasteiger partial charge in [0.25, 0.3) is 5.69 Å². The Hall–Kier alpha value is -1.95. The molecule has 102 valence electrons. The third-order valence-corrected chi connectivity index (χ3v) is 3.52. The smallest absolute Gasteiger partial charge is 0.306 e. The van der Waals surface area contributed by atoms with Gasteiger partial charge in [0, 0.05) is 18.2 Å². The Morgan fingerprint density at radius 2 is 2.00 bits per heavy atom. The van der Waals surface area contributed by atoms with Gasteiger partial charge in [0.05, 0.1) is 10.8 Å². The number of carboxylic acid groups (broad SMARTS) is 1. The van der Waals surface area contributed by atoms with E-state index in [2.05, 4.69) is 4.90 Å². The van der Waals surface area contributed by atoms with Gasteiger partial charge in [0.15, 0.2) is 0 Å². The molecule has 19 heavy (non-hydrogen) atoms. The van der Waals surface area contributed by atoms with Gasteiger partial charge in [-0.05, 0) is 25.9 Å². The molecule has 0 spiro atoms. The van der Waals surface area contributed by atoms with Crippen LogP contribution >= 0.6 is 0 Å². The van der Waals surface area contributed by atoms with Crippen molar-refractivity contribution in [1.82, 2.24) is 4.90 Å². The Labute approximate surface area is 110 Å². The minimum absolute atomic E-state index is 0.128. The van der Waals surface area contributed by atoms with E-state index in [0.29, 0.717) is 38.0 Å². The number of rotatable bonds is 4. The van der Waals surface area contributed by atoms with Gasteiger partial charge in [-0.25, -0.2) is 0 Å². The van der Waals surface area contributed by atoms with E-state index in [4.69, 9.17) is 5.11 Å². The van der Waals surface area contributed by atoms with E-state index in [-0.39, 0.29) is 16.5 Å². The molecule has 0 saturated carbocycles. The van der Waals surface area contributed by atoms with Gasteiger partial charge in [-0.1, -0.05) is 18.2 Å². The van der Waals surface area contributed by atoms with Crippen LogP contribution in [-0.2, 0) is 11.3 Å². The number of benzene rings is 1. The van der Waals surface area contributed by atoms with Gasteiger partial charge in [-0.3, -0.25) is 19.8 Å². The van der Waals surface area contributed by atoms with Crippen molar-refractivity contribution in [3.63, 3.8) is 0 Å². The van der Waals surface area contributed by atoms with Crippen molar-refractivity contribution in [3.05, 3.63) is 39.9 Å². The maximum absolute atomic E-state index is 10.9. The summed E-state index contributed by atoms with van der Waals surface area (Å²) in [4.78, 5) is 23.5. The fraction of sp³-hybridized carbons (Fsp3) is 0.462. The predicted octanol–water partition coefficient (Wildman–Crippen LogP) is 1.89. The number of piperidine rings is 1. The fourth-order valence-corrected chi connectivity index (χ4v) is 2.40. The summed E-state index contributed by atoms with van der Waals surface area (Å²) in [5.41, 5.74) is 0.809. The Morgan fingerprint density at radius 3 is 2.58 bits per heavy atom. The highest BCUT2D eigenvalue weighted by Gasteiger charge is 2.25. The number of nitro benzene ring substituents is 1. The van der Waals surface area contributed by atoms with Crippen molar-refractivity contribution in [2.24, 2.45) is 5.92 Å². The number of nitro groups is 1. The lowest BCUT2D eigenvalue weighted by Crippen LogP contribution is -2.35. The van der Waals surface area contributed by atoms with Gasteiger partial charge in [0.2, 0.25) is 0 Å². The van der Waals surface area contributed by atoms with Gasteiger partial charge >= 0.3 is 5.97 Å². The summed E-state index contributed by atoms with van der Waals surface area (Å²) in [6.45, 7) is 1.84. The first-order valence-electron chi connectivity index (χ1n) is 6.25. The van der Waals surface area contributed by atoms with E-state index in [1.54, 1.807) is 18.2 Å². The number of hydrogen-bond acceptors (Lipinski definition) is 4. The molecule has 0 aliphatic carbocycles. The molecule has 0 amide bonds. The zero-order valence-corrected chi connectivity index (χ0v) is 10.5. The third kappa shape index (κ3) is 3.29. The standard InChI is InChI=1S/C13H16N2O4/c16-13(17)10-5-7-14(8-6-10)9-11-3-1-2-4-12(11)15(18)19/h1-4,10H,5-9H2,(H,16,17). The summed E-state index contributed by atoms with van der Waals surface area (Å²) in [6, 6.07) is 6.69. The Balaban J connectivity index is 2.00. The molecule has 0 aromatic heterocycles. The molecule has 1 aliphatic rings. The average Bonchev–Trinajstić information content (AvgIpc) is 2.39. The summed E-state index contributed by atoms with van der Waals surface area (Å²) in [7, 11) is 0. The minimum Gasteiger partial charge on any atom is -0.481 e. The lowest BCUT2D eigenvalue weighted by molar-refractivity contribution is -0.385. The van der Waals surface area contributed by atoms with Crippen LogP contribution in [0.2, 0.25) is 0 Å². The van der Waals surface area contributed by atoms with Crippen molar-refractivity contribution in [2.75, 3.05) is 13.1 Å². The molecule has 1 aromatic carbocycles. The van der Waals surface area contributed by atoms with Crippen molar-refractivity contribution < 1.29 is 14.8 Å². The van der Waals surface area contributed by atoms with Crippen LogP contribution in [0.5, 0.6) is 0 Å². The zero-order valence-electron chi connectivity index (χ0n) is 10.5. The van der Waals surface area contributed by atoms with E-state index >= 15 is 0 Å². The van der Waals surface area contributed by atoms with E-state index in [1.165, 1.54) is 6.07 Å². The van der Waals surface area contributed by atoms with Crippen LogP contribution in [0, 0.1) is 16.0 Å². The molecule has 2 rings (SSSR count). The van der Waals surface area contributed by atoms with Gasteiger partial charge in [0.1, 0.15) is 0 Å². The third-order valence-electron chi connectivity index (χ3n) is 3.52. The first-order chi connectivity index (χ1) is 9.08. The lowest BCUT2D eigenvalue weighted by Gasteiger charge is -2.29. The molecule has 0 atom stereocenters. The number of aliphatic carboxylic acids is 1. The molecule has 1 heterocycles. The van der Waals surface area contributed by atoms with E-state index in [0.717, 1.165) is 0 Å². The van der Waals surface area contributed by atoms with Gasteiger partial charge < -0.3 is 5.11 Å². The Kier molecular flexibility index (Phi) is 4.11. The summed E-state index contributed by atoms with van der Waals surface area (Å²) < 4.78 is 0. The second-order valence-corrected chi connectivity index (χ2v) is 4.77. The summed E-state index contributed by atoms with van der Waals surface area (Å²) in [5, 5.41) is 19.8. The average molecular weight is 264 g/mol. The normalized spacial score (nSPS) is 17.3. The minimum atomic E-state index is -0.745. The first-order valence-corrected chi connectivity index (χ1v) is 6.25. The van der Waals surface area contributed by atoms with Crippen molar-refractivity contribution in [3.8, 4) is 0 Å². The highest BCUT2D eigenvalue weighted by Crippen LogP contribution is 2.23.